The molecular weight excluding hydrogens is 250 g/mol. The van der Waals surface area contributed by atoms with E-state index in [0.717, 1.165) is 29.7 Å². The number of allylic oxidation sites excluding steroid dienone is 3. The van der Waals surface area contributed by atoms with Crippen LogP contribution in [0.3, 0.4) is 0 Å². The van der Waals surface area contributed by atoms with Crippen molar-refractivity contribution in [2.45, 2.75) is 26.7 Å². The Labute approximate surface area is 119 Å². The summed E-state index contributed by atoms with van der Waals surface area (Å²) in [6.45, 7) is 8.06. The Morgan fingerprint density at radius 2 is 2.15 bits per heavy atom. The van der Waals surface area contributed by atoms with Crippen LogP contribution in [0.5, 0.6) is 0 Å². The van der Waals surface area contributed by atoms with Gasteiger partial charge >= 0.3 is 0 Å². The number of nitrogens with zero attached hydrogens (tertiary/aromatic N) is 2. The number of pyridine rings is 1. The first kappa shape index (κ1) is 14.2. The van der Waals surface area contributed by atoms with Gasteiger partial charge in [-0.15, -0.1) is 0 Å². The van der Waals surface area contributed by atoms with Gasteiger partial charge in [0.25, 0.3) is 5.91 Å². The highest BCUT2D eigenvalue weighted by molar-refractivity contribution is 6.02. The lowest BCUT2D eigenvalue weighted by atomic mass is 9.85. The zero-order chi connectivity index (χ0) is 14.5. The second-order valence-electron chi connectivity index (χ2n) is 5.11. The van der Waals surface area contributed by atoms with Gasteiger partial charge in [0.1, 0.15) is 0 Å². The predicted molar refractivity (Wildman–Crippen MR) is 80.4 cm³/mol. The average molecular weight is 269 g/mol. The number of amides is 1. The molecule has 0 saturated carbocycles. The Balaban J connectivity index is 2.07. The number of nitrogens with one attached hydrogen (secondary N) is 1. The van der Waals surface area contributed by atoms with Gasteiger partial charge in [0.05, 0.1) is 5.71 Å². The minimum absolute atomic E-state index is 0.217. The highest BCUT2D eigenvalue weighted by Gasteiger charge is 2.18. The van der Waals surface area contributed by atoms with Crippen molar-refractivity contribution in [3.8, 4) is 0 Å². The summed E-state index contributed by atoms with van der Waals surface area (Å²) in [5, 5.41) is 4.26. The van der Waals surface area contributed by atoms with Crippen molar-refractivity contribution in [3.63, 3.8) is 0 Å². The molecule has 4 heteroatoms. The maximum Gasteiger partial charge on any atom is 0.271 e. The summed E-state index contributed by atoms with van der Waals surface area (Å²) >= 11 is 0. The molecule has 1 atom stereocenters. The topological polar surface area (TPSA) is 54.4 Å². The van der Waals surface area contributed by atoms with Gasteiger partial charge in [-0.2, -0.15) is 5.10 Å². The first-order chi connectivity index (χ1) is 9.58. The van der Waals surface area contributed by atoms with Crippen LogP contribution in [-0.2, 0) is 0 Å². The minimum Gasteiger partial charge on any atom is -0.267 e. The molecule has 0 fully saturated rings. The lowest BCUT2D eigenvalue weighted by Crippen LogP contribution is -2.23. The van der Waals surface area contributed by atoms with E-state index in [4.69, 9.17) is 0 Å². The molecule has 0 aliphatic heterocycles. The third-order valence-corrected chi connectivity index (χ3v) is 3.54. The number of carbonyl (C=O) groups excluding carboxylic acids is 1. The standard InChI is InChI=1S/C16H19N3O/c1-11(2)14-5-4-12(3)15(10-14)18-19-16(20)13-6-8-17-9-7-13/h4,6-9,14H,1,5,10H2,2-3H3,(H,19,20)/b18-15-/t14-/m0/s1. The molecule has 0 saturated heterocycles. The van der Waals surface area contributed by atoms with Crippen LogP contribution < -0.4 is 5.43 Å². The van der Waals surface area contributed by atoms with E-state index in [0.29, 0.717) is 11.5 Å². The number of hydrogen-bond acceptors (Lipinski definition) is 3. The second kappa shape index (κ2) is 6.28. The lowest BCUT2D eigenvalue weighted by Gasteiger charge is -2.22. The van der Waals surface area contributed by atoms with E-state index in [1.54, 1.807) is 24.5 Å². The monoisotopic (exact) mass is 269 g/mol. The number of carbonyl (C=O) groups is 1. The fraction of sp³-hybridized carbons (Fsp3) is 0.312. The van der Waals surface area contributed by atoms with Crippen LogP contribution in [0.1, 0.15) is 37.0 Å². The van der Waals surface area contributed by atoms with Gasteiger partial charge < -0.3 is 0 Å². The van der Waals surface area contributed by atoms with Gasteiger partial charge in [0.2, 0.25) is 0 Å². The second-order valence-corrected chi connectivity index (χ2v) is 5.11. The Bertz CT molecular complexity index is 573. The molecule has 1 aliphatic rings. The first-order valence-corrected chi connectivity index (χ1v) is 6.67. The largest absolute Gasteiger partial charge is 0.271 e. The average Bonchev–Trinajstić information content (AvgIpc) is 2.46. The van der Waals surface area contributed by atoms with Crippen molar-refractivity contribution in [1.82, 2.24) is 10.4 Å². The van der Waals surface area contributed by atoms with Crippen LogP contribution in [0, 0.1) is 5.92 Å². The molecule has 4 nitrogen and oxygen atoms in total. The molecule has 0 spiro atoms. The van der Waals surface area contributed by atoms with E-state index in [1.807, 2.05) is 13.8 Å². The molecule has 1 N–H and O–H groups in total. The van der Waals surface area contributed by atoms with E-state index in [9.17, 15) is 4.79 Å². The Morgan fingerprint density at radius 1 is 1.45 bits per heavy atom. The fourth-order valence-electron chi connectivity index (χ4n) is 2.11. The highest BCUT2D eigenvalue weighted by Crippen LogP contribution is 2.26. The fourth-order valence-corrected chi connectivity index (χ4v) is 2.11. The number of aromatic nitrogens is 1. The molecule has 1 aromatic heterocycles. The third-order valence-electron chi connectivity index (χ3n) is 3.54. The van der Waals surface area contributed by atoms with Gasteiger partial charge in [0.15, 0.2) is 0 Å². The lowest BCUT2D eigenvalue weighted by molar-refractivity contribution is 0.0954. The predicted octanol–water partition coefficient (Wildman–Crippen LogP) is 3.10. The molecule has 0 unspecified atom stereocenters. The van der Waals surface area contributed by atoms with E-state index in [1.165, 1.54) is 0 Å². The van der Waals surface area contributed by atoms with Gasteiger partial charge in [-0.1, -0.05) is 18.2 Å². The first-order valence-electron chi connectivity index (χ1n) is 6.67. The molecule has 0 bridgehead atoms. The molecule has 2 rings (SSSR count). The van der Waals surface area contributed by atoms with Gasteiger partial charge in [-0.25, -0.2) is 5.43 Å². The Hall–Kier alpha value is -2.23. The molecule has 20 heavy (non-hydrogen) atoms. The van der Waals surface area contributed by atoms with E-state index < -0.39 is 0 Å². The molecule has 1 aliphatic carbocycles. The van der Waals surface area contributed by atoms with E-state index >= 15 is 0 Å². The maximum absolute atomic E-state index is 11.9. The van der Waals surface area contributed by atoms with Crippen LogP contribution in [0.2, 0.25) is 0 Å². The van der Waals surface area contributed by atoms with Gasteiger partial charge in [0, 0.05) is 18.0 Å². The SMILES string of the molecule is C=C(C)[C@H]1CC=C(C)/C(=N\NC(=O)c2ccncc2)C1. The Kier molecular flexibility index (Phi) is 4.45. The minimum atomic E-state index is -0.217. The molecule has 1 aromatic rings. The molecule has 104 valence electrons. The third kappa shape index (κ3) is 3.41. The van der Waals surface area contributed by atoms with E-state index in [2.05, 4.69) is 28.2 Å². The van der Waals surface area contributed by atoms with Crippen LogP contribution in [0.4, 0.5) is 0 Å². The van der Waals surface area contributed by atoms with Crippen molar-refractivity contribution >= 4 is 11.6 Å². The van der Waals surface area contributed by atoms with Crippen LogP contribution in [0.25, 0.3) is 0 Å². The summed E-state index contributed by atoms with van der Waals surface area (Å²) in [6, 6.07) is 3.32. The van der Waals surface area contributed by atoms with Crippen LogP contribution >= 0.6 is 0 Å². The van der Waals surface area contributed by atoms with Crippen LogP contribution in [0.15, 0.2) is 53.4 Å². The number of rotatable bonds is 3. The summed E-state index contributed by atoms with van der Waals surface area (Å²) in [7, 11) is 0. The smallest absolute Gasteiger partial charge is 0.267 e. The quantitative estimate of drug-likeness (QED) is 0.677. The zero-order valence-electron chi connectivity index (χ0n) is 11.9. The molecular formula is C16H19N3O. The van der Waals surface area contributed by atoms with Crippen molar-refractivity contribution in [2.24, 2.45) is 11.0 Å². The molecule has 1 amide bonds. The van der Waals surface area contributed by atoms with Crippen molar-refractivity contribution in [1.29, 1.82) is 0 Å². The van der Waals surface area contributed by atoms with Gasteiger partial charge in [-0.3, -0.25) is 9.78 Å². The summed E-state index contributed by atoms with van der Waals surface area (Å²) in [6.07, 6.45) is 7.16. The summed E-state index contributed by atoms with van der Waals surface area (Å²) in [5.74, 6) is 0.195. The molecule has 0 aromatic carbocycles. The Morgan fingerprint density at radius 3 is 2.80 bits per heavy atom. The summed E-state index contributed by atoms with van der Waals surface area (Å²) in [4.78, 5) is 15.8. The maximum atomic E-state index is 11.9. The van der Waals surface area contributed by atoms with E-state index in [-0.39, 0.29) is 5.91 Å². The van der Waals surface area contributed by atoms with Crippen LogP contribution in [-0.4, -0.2) is 16.6 Å². The van der Waals surface area contributed by atoms with Crippen molar-refractivity contribution in [2.75, 3.05) is 0 Å². The number of hydrogen-bond donors (Lipinski definition) is 1. The summed E-state index contributed by atoms with van der Waals surface area (Å²) in [5.41, 5.74) is 6.36. The summed E-state index contributed by atoms with van der Waals surface area (Å²) < 4.78 is 0. The molecule has 1 heterocycles. The normalized spacial score (nSPS) is 20.4. The zero-order valence-corrected chi connectivity index (χ0v) is 11.9. The molecule has 0 radical (unpaired) electrons. The number of hydrazone groups is 1. The van der Waals surface area contributed by atoms with Crippen molar-refractivity contribution in [3.05, 3.63) is 53.9 Å². The van der Waals surface area contributed by atoms with Gasteiger partial charge in [-0.05, 0) is 50.3 Å². The van der Waals surface area contributed by atoms with Crippen molar-refractivity contribution < 1.29 is 4.79 Å². The highest BCUT2D eigenvalue weighted by atomic mass is 16.2.